The Morgan fingerprint density at radius 2 is 1.93 bits per heavy atom. The Morgan fingerprint density at radius 3 is 2.58 bits per heavy atom. The van der Waals surface area contributed by atoms with Crippen molar-refractivity contribution in [3.8, 4) is 0 Å². The summed E-state index contributed by atoms with van der Waals surface area (Å²) in [6.45, 7) is 0.191. The third kappa shape index (κ3) is 5.41. The zero-order valence-corrected chi connectivity index (χ0v) is 22.3. The molecule has 4 amide bonds. The largest absolute Gasteiger partial charge is 0.465 e. The second-order valence-electron chi connectivity index (χ2n) is 10.3. The molecule has 13 heteroatoms. The molecule has 2 aliphatic heterocycles. The molecule has 4 N–H and O–H groups in total. The van der Waals surface area contributed by atoms with E-state index in [2.05, 4.69) is 16.0 Å². The molecule has 0 radical (unpaired) electrons. The van der Waals surface area contributed by atoms with Crippen LogP contribution in [0.1, 0.15) is 48.0 Å². The molecule has 40 heavy (non-hydrogen) atoms. The summed E-state index contributed by atoms with van der Waals surface area (Å²) in [7, 11) is 1.55. The van der Waals surface area contributed by atoms with E-state index in [4.69, 9.17) is 26.2 Å². The van der Waals surface area contributed by atoms with Crippen molar-refractivity contribution < 1.29 is 38.1 Å². The smallest absolute Gasteiger partial charge is 0.412 e. The highest BCUT2D eigenvalue weighted by atomic mass is 35.5. The molecule has 2 aromatic carbocycles. The SMILES string of the molecule is COC1(C[C@H](NC(=O)c2ccc(NC(=O)O)cc2)C(=O)N2CCC[C@@]3(C2)OC(=O)Nc2ccc(Cl)c(F)c23)CC1. The monoisotopic (exact) mass is 574 g/mol. The van der Waals surface area contributed by atoms with Crippen LogP contribution in [0.25, 0.3) is 0 Å². The van der Waals surface area contributed by atoms with Gasteiger partial charge in [0, 0.05) is 31.3 Å². The zero-order chi connectivity index (χ0) is 28.7. The third-order valence-electron chi connectivity index (χ3n) is 7.66. The number of hydrogen-bond donors (Lipinski definition) is 4. The van der Waals surface area contributed by atoms with Gasteiger partial charge in [0.1, 0.15) is 6.04 Å². The number of likely N-dealkylation sites (tertiary alicyclic amines) is 1. The van der Waals surface area contributed by atoms with E-state index >= 15 is 4.39 Å². The molecule has 2 fully saturated rings. The number of carbonyl (C=O) groups excluding carboxylic acids is 3. The van der Waals surface area contributed by atoms with Crippen LogP contribution in [0.2, 0.25) is 5.02 Å². The number of fused-ring (bicyclic) bond motifs is 2. The highest BCUT2D eigenvalue weighted by molar-refractivity contribution is 6.31. The predicted octanol–water partition coefficient (Wildman–Crippen LogP) is 4.32. The predicted molar refractivity (Wildman–Crippen MR) is 142 cm³/mol. The summed E-state index contributed by atoms with van der Waals surface area (Å²) >= 11 is 6.06. The number of piperidine rings is 1. The highest BCUT2D eigenvalue weighted by Crippen LogP contribution is 2.46. The van der Waals surface area contributed by atoms with Crippen LogP contribution in [0, 0.1) is 5.82 Å². The molecule has 5 rings (SSSR count). The van der Waals surface area contributed by atoms with Crippen molar-refractivity contribution >= 4 is 47.0 Å². The van der Waals surface area contributed by atoms with Crippen LogP contribution in [0.5, 0.6) is 0 Å². The van der Waals surface area contributed by atoms with Crippen molar-refractivity contribution in [1.29, 1.82) is 0 Å². The van der Waals surface area contributed by atoms with Gasteiger partial charge in [-0.25, -0.2) is 14.0 Å². The van der Waals surface area contributed by atoms with Crippen molar-refractivity contribution in [3.05, 3.63) is 58.4 Å². The summed E-state index contributed by atoms with van der Waals surface area (Å²) in [5.41, 5.74) is -1.16. The molecule has 0 aromatic heterocycles. The molecule has 11 nitrogen and oxygen atoms in total. The summed E-state index contributed by atoms with van der Waals surface area (Å²) < 4.78 is 26.6. The lowest BCUT2D eigenvalue weighted by molar-refractivity contribution is -0.142. The number of nitrogens with one attached hydrogen (secondary N) is 3. The van der Waals surface area contributed by atoms with Crippen LogP contribution in [0.15, 0.2) is 36.4 Å². The van der Waals surface area contributed by atoms with Gasteiger partial charge in [-0.05, 0) is 62.1 Å². The number of ether oxygens (including phenoxy) is 2. The second-order valence-corrected chi connectivity index (χ2v) is 10.7. The number of methoxy groups -OCH3 is 1. The topological polar surface area (TPSA) is 146 Å². The molecule has 1 saturated heterocycles. The van der Waals surface area contributed by atoms with Gasteiger partial charge in [-0.1, -0.05) is 11.6 Å². The number of anilines is 2. The fraction of sp³-hybridized carbons (Fsp3) is 0.407. The van der Waals surface area contributed by atoms with E-state index in [1.165, 1.54) is 41.3 Å². The van der Waals surface area contributed by atoms with Crippen LogP contribution < -0.4 is 16.0 Å². The molecule has 0 bridgehead atoms. The van der Waals surface area contributed by atoms with Gasteiger partial charge in [-0.2, -0.15) is 0 Å². The quantitative estimate of drug-likeness (QED) is 0.385. The molecule has 2 aromatic rings. The number of nitrogens with zero attached hydrogens (tertiary/aromatic N) is 1. The van der Waals surface area contributed by atoms with Gasteiger partial charge < -0.3 is 24.8 Å². The van der Waals surface area contributed by atoms with E-state index in [0.29, 0.717) is 13.0 Å². The van der Waals surface area contributed by atoms with E-state index in [9.17, 15) is 19.2 Å². The minimum absolute atomic E-state index is 0.0864. The molecule has 2 atom stereocenters. The minimum Gasteiger partial charge on any atom is -0.465 e. The maximum atomic E-state index is 15.3. The number of benzene rings is 2. The number of rotatable bonds is 7. The second kappa shape index (κ2) is 10.6. The molecular weight excluding hydrogens is 547 g/mol. The van der Waals surface area contributed by atoms with Gasteiger partial charge in [0.15, 0.2) is 11.4 Å². The van der Waals surface area contributed by atoms with Crippen molar-refractivity contribution in [3.63, 3.8) is 0 Å². The number of halogens is 2. The average molecular weight is 575 g/mol. The molecule has 3 aliphatic rings. The lowest BCUT2D eigenvalue weighted by Crippen LogP contribution is -2.58. The van der Waals surface area contributed by atoms with E-state index < -0.39 is 47.1 Å². The van der Waals surface area contributed by atoms with Crippen molar-refractivity contribution in [2.24, 2.45) is 0 Å². The van der Waals surface area contributed by atoms with E-state index in [1.807, 2.05) is 0 Å². The number of carboxylic acid groups (broad SMARTS) is 1. The fourth-order valence-corrected chi connectivity index (χ4v) is 5.61. The Morgan fingerprint density at radius 1 is 1.20 bits per heavy atom. The van der Waals surface area contributed by atoms with Gasteiger partial charge in [0.2, 0.25) is 5.91 Å². The van der Waals surface area contributed by atoms with Crippen LogP contribution in [-0.4, -0.2) is 65.8 Å². The van der Waals surface area contributed by atoms with E-state index in [1.54, 1.807) is 7.11 Å². The van der Waals surface area contributed by atoms with Crippen LogP contribution in [-0.2, 0) is 19.9 Å². The van der Waals surface area contributed by atoms with Crippen molar-refractivity contribution in [2.45, 2.75) is 49.3 Å². The van der Waals surface area contributed by atoms with E-state index in [0.717, 1.165) is 12.8 Å². The average Bonchev–Trinajstić information content (AvgIpc) is 3.69. The van der Waals surface area contributed by atoms with Gasteiger partial charge >= 0.3 is 12.2 Å². The molecule has 1 aliphatic carbocycles. The Labute approximate surface area is 233 Å². The Balaban J connectivity index is 1.40. The maximum Gasteiger partial charge on any atom is 0.412 e. The molecule has 1 spiro atoms. The zero-order valence-electron chi connectivity index (χ0n) is 21.6. The van der Waals surface area contributed by atoms with Gasteiger partial charge in [-0.3, -0.25) is 20.2 Å². The number of amides is 4. The maximum absolute atomic E-state index is 15.3. The first kappa shape index (κ1) is 27.7. The number of carbonyl (C=O) groups is 4. The summed E-state index contributed by atoms with van der Waals surface area (Å²) in [4.78, 5) is 51.8. The first-order valence-electron chi connectivity index (χ1n) is 12.8. The number of hydrogen-bond acceptors (Lipinski definition) is 6. The lowest BCUT2D eigenvalue weighted by atomic mass is 9.82. The molecular formula is C27H28ClFN4O7. The van der Waals surface area contributed by atoms with Crippen LogP contribution >= 0.6 is 11.6 Å². The minimum atomic E-state index is -1.44. The van der Waals surface area contributed by atoms with Crippen molar-refractivity contribution in [1.82, 2.24) is 10.2 Å². The van der Waals surface area contributed by atoms with E-state index in [-0.39, 0.29) is 46.9 Å². The summed E-state index contributed by atoms with van der Waals surface area (Å²) in [5, 5.41) is 16.2. The molecule has 0 unspecified atom stereocenters. The Kier molecular flexibility index (Phi) is 7.32. The normalized spacial score (nSPS) is 21.5. The van der Waals surface area contributed by atoms with Gasteiger partial charge in [0.05, 0.1) is 28.4 Å². The summed E-state index contributed by atoms with van der Waals surface area (Å²) in [6, 6.07) is 7.62. The summed E-state index contributed by atoms with van der Waals surface area (Å²) in [5.74, 6) is -1.68. The Bertz CT molecular complexity index is 1370. The van der Waals surface area contributed by atoms with Crippen molar-refractivity contribution in [2.75, 3.05) is 30.8 Å². The summed E-state index contributed by atoms with van der Waals surface area (Å²) in [6.07, 6.45) is 0.370. The standard InChI is InChI=1S/C27H28ClFN4O7/c1-39-26(10-11-26)13-19(31-22(34)15-3-5-16(6-4-15)30-24(36)37)23(35)33-12-2-9-27(14-33)20-18(32-25(38)40-27)8-7-17(28)21(20)29/h3-8,19,30H,2,9-14H2,1H3,(H,31,34)(H,32,38)(H,36,37)/t19-,27-/m0/s1. The van der Waals surface area contributed by atoms with Gasteiger partial charge in [-0.15, -0.1) is 0 Å². The van der Waals surface area contributed by atoms with Gasteiger partial charge in [0.25, 0.3) is 5.91 Å². The first-order valence-corrected chi connectivity index (χ1v) is 13.2. The third-order valence-corrected chi connectivity index (χ3v) is 7.95. The molecule has 212 valence electrons. The van der Waals surface area contributed by atoms with Crippen LogP contribution in [0.4, 0.5) is 25.4 Å². The highest BCUT2D eigenvalue weighted by Gasteiger charge is 2.51. The lowest BCUT2D eigenvalue weighted by Gasteiger charge is -2.45. The molecule has 2 heterocycles. The fourth-order valence-electron chi connectivity index (χ4n) is 5.46. The van der Waals surface area contributed by atoms with Crippen LogP contribution in [0.3, 0.4) is 0 Å². The Hall–Kier alpha value is -3.90. The molecule has 1 saturated carbocycles. The first-order chi connectivity index (χ1) is 19.0.